The van der Waals surface area contributed by atoms with Crippen molar-refractivity contribution in [1.82, 2.24) is 4.90 Å². The summed E-state index contributed by atoms with van der Waals surface area (Å²) in [4.78, 5) is 14.2. The van der Waals surface area contributed by atoms with E-state index in [1.54, 1.807) is 11.8 Å². The first-order valence-electron chi connectivity index (χ1n) is 6.94. The molecule has 0 saturated carbocycles. The van der Waals surface area contributed by atoms with Crippen LogP contribution < -0.4 is 15.2 Å². The number of fused-ring (bicyclic) bond motifs is 1. The molecule has 1 atom stereocenters. The van der Waals surface area contributed by atoms with Crippen molar-refractivity contribution in [3.05, 3.63) is 23.8 Å². The monoisotopic (exact) mass is 278 g/mol. The van der Waals surface area contributed by atoms with Crippen molar-refractivity contribution >= 4 is 5.91 Å². The van der Waals surface area contributed by atoms with Gasteiger partial charge in [-0.2, -0.15) is 0 Å². The van der Waals surface area contributed by atoms with Crippen molar-refractivity contribution in [3.63, 3.8) is 0 Å². The lowest BCUT2D eigenvalue weighted by Gasteiger charge is -2.30. The number of hydrogen-bond donors (Lipinski definition) is 1. The number of rotatable bonds is 5. The highest BCUT2D eigenvalue weighted by Gasteiger charge is 2.30. The van der Waals surface area contributed by atoms with Crippen LogP contribution in [-0.2, 0) is 11.3 Å². The third kappa shape index (κ3) is 2.88. The van der Waals surface area contributed by atoms with E-state index in [4.69, 9.17) is 15.2 Å². The fourth-order valence-corrected chi connectivity index (χ4v) is 2.10. The Morgan fingerprint density at radius 1 is 1.35 bits per heavy atom. The number of nitrogens with zero attached hydrogens (tertiary/aromatic N) is 1. The molecule has 0 saturated heterocycles. The SMILES string of the molecule is CCN(Cc1ccc2c(c1)OCO2)C(=O)C(C)(N)CC. The van der Waals surface area contributed by atoms with E-state index < -0.39 is 5.54 Å². The van der Waals surface area contributed by atoms with E-state index in [0.29, 0.717) is 19.5 Å². The van der Waals surface area contributed by atoms with E-state index in [1.807, 2.05) is 32.0 Å². The second kappa shape index (κ2) is 5.71. The number of hydrogen-bond acceptors (Lipinski definition) is 4. The summed E-state index contributed by atoms with van der Waals surface area (Å²) in [6.07, 6.45) is 0.615. The molecule has 1 aliphatic heterocycles. The molecule has 1 aromatic carbocycles. The number of carbonyl (C=O) groups is 1. The van der Waals surface area contributed by atoms with Gasteiger partial charge < -0.3 is 20.1 Å². The molecule has 0 radical (unpaired) electrons. The molecule has 1 amide bonds. The van der Waals surface area contributed by atoms with Gasteiger partial charge in [0.1, 0.15) is 0 Å². The van der Waals surface area contributed by atoms with Gasteiger partial charge in [-0.1, -0.05) is 13.0 Å². The molecule has 0 aromatic heterocycles. The van der Waals surface area contributed by atoms with Gasteiger partial charge in [-0.3, -0.25) is 4.79 Å². The zero-order valence-electron chi connectivity index (χ0n) is 12.3. The lowest BCUT2D eigenvalue weighted by atomic mass is 9.98. The smallest absolute Gasteiger partial charge is 0.242 e. The van der Waals surface area contributed by atoms with Crippen LogP contribution in [0.2, 0.25) is 0 Å². The lowest BCUT2D eigenvalue weighted by molar-refractivity contribution is -0.137. The Labute approximate surface area is 119 Å². The van der Waals surface area contributed by atoms with Crippen LogP contribution >= 0.6 is 0 Å². The molecule has 110 valence electrons. The van der Waals surface area contributed by atoms with Crippen molar-refractivity contribution in [1.29, 1.82) is 0 Å². The zero-order valence-corrected chi connectivity index (χ0v) is 12.3. The first-order chi connectivity index (χ1) is 9.47. The Kier molecular flexibility index (Phi) is 4.18. The fraction of sp³-hybridized carbons (Fsp3) is 0.533. The van der Waals surface area contributed by atoms with Gasteiger partial charge in [-0.15, -0.1) is 0 Å². The summed E-state index contributed by atoms with van der Waals surface area (Å²) in [7, 11) is 0. The maximum absolute atomic E-state index is 12.4. The molecule has 2 rings (SSSR count). The maximum Gasteiger partial charge on any atom is 0.242 e. The highest BCUT2D eigenvalue weighted by Crippen LogP contribution is 2.32. The molecule has 1 heterocycles. The third-order valence-corrected chi connectivity index (χ3v) is 3.70. The number of ether oxygens (including phenoxy) is 2. The molecular weight excluding hydrogens is 256 g/mol. The van der Waals surface area contributed by atoms with Gasteiger partial charge in [0.25, 0.3) is 0 Å². The minimum atomic E-state index is -0.813. The Bertz CT molecular complexity index is 500. The van der Waals surface area contributed by atoms with Crippen molar-refractivity contribution < 1.29 is 14.3 Å². The molecule has 1 unspecified atom stereocenters. The largest absolute Gasteiger partial charge is 0.454 e. The Hall–Kier alpha value is -1.75. The normalized spacial score (nSPS) is 15.8. The van der Waals surface area contributed by atoms with Crippen molar-refractivity contribution in [3.8, 4) is 11.5 Å². The van der Waals surface area contributed by atoms with E-state index >= 15 is 0 Å². The van der Waals surface area contributed by atoms with Crippen molar-refractivity contribution in [2.24, 2.45) is 5.73 Å². The second-order valence-electron chi connectivity index (χ2n) is 5.28. The number of benzene rings is 1. The van der Waals surface area contributed by atoms with E-state index in [2.05, 4.69) is 0 Å². The summed E-state index contributed by atoms with van der Waals surface area (Å²) in [6.45, 7) is 7.06. The van der Waals surface area contributed by atoms with Crippen LogP contribution in [0, 0.1) is 0 Å². The number of nitrogens with two attached hydrogens (primary N) is 1. The van der Waals surface area contributed by atoms with Crippen LogP contribution in [0.5, 0.6) is 11.5 Å². The van der Waals surface area contributed by atoms with Gasteiger partial charge in [-0.25, -0.2) is 0 Å². The van der Waals surface area contributed by atoms with Gasteiger partial charge in [0.15, 0.2) is 11.5 Å². The summed E-state index contributed by atoms with van der Waals surface area (Å²) >= 11 is 0. The van der Waals surface area contributed by atoms with E-state index in [-0.39, 0.29) is 12.7 Å². The van der Waals surface area contributed by atoms with Crippen LogP contribution in [0.25, 0.3) is 0 Å². The van der Waals surface area contributed by atoms with Gasteiger partial charge in [-0.05, 0) is 38.0 Å². The van der Waals surface area contributed by atoms with Crippen LogP contribution in [0.3, 0.4) is 0 Å². The average molecular weight is 278 g/mol. The van der Waals surface area contributed by atoms with Crippen LogP contribution in [-0.4, -0.2) is 29.7 Å². The second-order valence-corrected chi connectivity index (χ2v) is 5.28. The molecule has 20 heavy (non-hydrogen) atoms. The summed E-state index contributed by atoms with van der Waals surface area (Å²) in [5, 5.41) is 0. The Balaban J connectivity index is 2.12. The highest BCUT2D eigenvalue weighted by molar-refractivity contribution is 5.85. The van der Waals surface area contributed by atoms with Gasteiger partial charge in [0.2, 0.25) is 12.7 Å². The highest BCUT2D eigenvalue weighted by atomic mass is 16.7. The van der Waals surface area contributed by atoms with Crippen molar-refractivity contribution in [2.75, 3.05) is 13.3 Å². The molecule has 0 spiro atoms. The van der Waals surface area contributed by atoms with Gasteiger partial charge in [0, 0.05) is 13.1 Å². The summed E-state index contributed by atoms with van der Waals surface area (Å²) < 4.78 is 10.6. The number of likely N-dealkylation sites (N-methyl/N-ethyl adjacent to an activating group) is 1. The molecule has 5 nitrogen and oxygen atoms in total. The molecule has 1 aromatic rings. The minimum Gasteiger partial charge on any atom is -0.454 e. The van der Waals surface area contributed by atoms with Crippen LogP contribution in [0.4, 0.5) is 0 Å². The quantitative estimate of drug-likeness (QED) is 0.893. The van der Waals surface area contributed by atoms with E-state index in [9.17, 15) is 4.79 Å². The van der Waals surface area contributed by atoms with Crippen LogP contribution in [0.1, 0.15) is 32.8 Å². The number of amides is 1. The molecular formula is C15H22N2O3. The van der Waals surface area contributed by atoms with Gasteiger partial charge >= 0.3 is 0 Å². The zero-order chi connectivity index (χ0) is 14.8. The molecule has 0 aliphatic carbocycles. The van der Waals surface area contributed by atoms with E-state index in [0.717, 1.165) is 17.1 Å². The number of carbonyl (C=O) groups excluding carboxylic acids is 1. The Morgan fingerprint density at radius 3 is 2.70 bits per heavy atom. The van der Waals surface area contributed by atoms with Gasteiger partial charge in [0.05, 0.1) is 5.54 Å². The molecule has 1 aliphatic rings. The predicted octanol–water partition coefficient (Wildman–Crippen LogP) is 1.89. The summed E-state index contributed by atoms with van der Waals surface area (Å²) in [5.74, 6) is 1.46. The summed E-state index contributed by atoms with van der Waals surface area (Å²) in [6, 6.07) is 5.73. The topological polar surface area (TPSA) is 64.8 Å². The Morgan fingerprint density at radius 2 is 2.05 bits per heavy atom. The predicted molar refractivity (Wildman–Crippen MR) is 76.5 cm³/mol. The molecule has 2 N–H and O–H groups in total. The van der Waals surface area contributed by atoms with Crippen LogP contribution in [0.15, 0.2) is 18.2 Å². The molecule has 5 heteroatoms. The van der Waals surface area contributed by atoms with Crippen molar-refractivity contribution in [2.45, 2.75) is 39.3 Å². The van der Waals surface area contributed by atoms with E-state index in [1.165, 1.54) is 0 Å². The first-order valence-corrected chi connectivity index (χ1v) is 6.94. The molecule has 0 fully saturated rings. The first kappa shape index (κ1) is 14.7. The lowest BCUT2D eigenvalue weighted by Crippen LogP contribution is -2.52. The standard InChI is InChI=1S/C15H22N2O3/c1-4-15(3,16)14(18)17(5-2)9-11-6-7-12-13(8-11)20-10-19-12/h6-8H,4-5,9-10,16H2,1-3H3. The minimum absolute atomic E-state index is 0.0276. The maximum atomic E-state index is 12.4. The average Bonchev–Trinajstić information content (AvgIpc) is 2.91. The molecule has 0 bridgehead atoms. The summed E-state index contributed by atoms with van der Waals surface area (Å²) in [5.41, 5.74) is 6.24. The third-order valence-electron chi connectivity index (χ3n) is 3.70. The fourth-order valence-electron chi connectivity index (χ4n) is 2.10.